The molecular weight excluding hydrogens is 727 g/mol. The minimum absolute atomic E-state index is 0.0549. The zero-order valence-electron chi connectivity index (χ0n) is 36.6. The number of aliphatic hydroxyl groups is 2. The van der Waals surface area contributed by atoms with Gasteiger partial charge in [-0.25, -0.2) is 4.57 Å². The Hall–Kier alpha value is -0.800. The molecule has 0 aromatic carbocycles. The molecule has 3 N–H and O–H groups in total. The average Bonchev–Trinajstić information content (AvgIpc) is 3.19. The number of carbonyl (C=O) groups excluding carboxylic acids is 1. The first kappa shape index (κ1) is 55.2. The van der Waals surface area contributed by atoms with E-state index in [1.54, 1.807) is 0 Å². The van der Waals surface area contributed by atoms with Crippen molar-refractivity contribution in [3.63, 3.8) is 0 Å². The van der Waals surface area contributed by atoms with Gasteiger partial charge in [-0.1, -0.05) is 199 Å². The summed E-state index contributed by atoms with van der Waals surface area (Å²) in [6.45, 7) is 3.55. The third-order valence-electron chi connectivity index (χ3n) is 10.5. The Bertz CT molecular complexity index is 887. The molecule has 0 fully saturated rings. The lowest BCUT2D eigenvalue weighted by atomic mass is 10.0. The summed E-state index contributed by atoms with van der Waals surface area (Å²) in [5, 5.41) is 18.3. The molecule has 3 atom stereocenters. The number of unbranched alkanes of at least 4 members (excludes halogenated alkanes) is 30. The third kappa shape index (κ3) is 42.8. The van der Waals surface area contributed by atoms with Gasteiger partial charge in [0.25, 0.3) is 0 Å². The zero-order chi connectivity index (χ0) is 41.1. The Morgan fingerprint density at radius 1 is 0.536 bits per heavy atom. The number of ether oxygens (including phenoxy) is 2. The van der Waals surface area contributed by atoms with Crippen LogP contribution in [0.3, 0.4) is 0 Å². The molecule has 0 aromatic rings. The molecule has 0 amide bonds. The van der Waals surface area contributed by atoms with E-state index in [1.165, 1.54) is 180 Å². The predicted molar refractivity (Wildman–Crippen MR) is 233 cm³/mol. The molecule has 0 spiro atoms. The van der Waals surface area contributed by atoms with Crippen molar-refractivity contribution in [3.8, 4) is 0 Å². The van der Waals surface area contributed by atoms with E-state index in [-0.39, 0.29) is 25.6 Å². The van der Waals surface area contributed by atoms with Crippen molar-refractivity contribution >= 4 is 13.8 Å². The molecule has 0 saturated carbocycles. The maximum absolute atomic E-state index is 12.6. The van der Waals surface area contributed by atoms with Gasteiger partial charge in [0.2, 0.25) is 0 Å². The van der Waals surface area contributed by atoms with Gasteiger partial charge in [0.15, 0.2) is 0 Å². The molecule has 0 aliphatic carbocycles. The summed E-state index contributed by atoms with van der Waals surface area (Å²) in [7, 11) is -4.51. The summed E-state index contributed by atoms with van der Waals surface area (Å²) in [4.78, 5) is 22.5. The first-order valence-electron chi connectivity index (χ1n) is 23.7. The second-order valence-electron chi connectivity index (χ2n) is 16.1. The molecule has 0 rings (SSSR count). The Kier molecular flexibility index (Phi) is 43.1. The minimum atomic E-state index is -4.51. The number of aliphatic hydroxyl groups excluding tert-OH is 2. The van der Waals surface area contributed by atoms with Crippen LogP contribution < -0.4 is 0 Å². The van der Waals surface area contributed by atoms with Gasteiger partial charge in [-0.15, -0.1) is 0 Å². The number of hydrogen-bond donors (Lipinski definition) is 3. The first-order chi connectivity index (χ1) is 27.3. The van der Waals surface area contributed by atoms with E-state index in [0.717, 1.165) is 32.1 Å². The molecule has 0 aromatic heterocycles. The molecule has 0 aliphatic rings. The monoisotopic (exact) mass is 819 g/mol. The summed E-state index contributed by atoms with van der Waals surface area (Å²) in [5.74, 6) is -0.380. The highest BCUT2D eigenvalue weighted by Gasteiger charge is 2.26. The van der Waals surface area contributed by atoms with Gasteiger partial charge in [0.05, 0.1) is 26.4 Å². The molecule has 3 unspecified atom stereocenters. The van der Waals surface area contributed by atoms with Crippen molar-refractivity contribution in [2.45, 2.75) is 244 Å². The fourth-order valence-corrected chi connectivity index (χ4v) is 7.61. The van der Waals surface area contributed by atoms with Crippen LogP contribution in [0.5, 0.6) is 0 Å². The second kappa shape index (κ2) is 43.8. The van der Waals surface area contributed by atoms with Crippen molar-refractivity contribution in [1.82, 2.24) is 0 Å². The van der Waals surface area contributed by atoms with E-state index < -0.39 is 33.2 Å². The molecule has 9 nitrogen and oxygen atoms in total. The van der Waals surface area contributed by atoms with E-state index in [9.17, 15) is 19.4 Å². The molecule has 0 saturated heterocycles. The molecule has 0 bridgehead atoms. The lowest BCUT2D eigenvalue weighted by molar-refractivity contribution is -0.154. The summed E-state index contributed by atoms with van der Waals surface area (Å²) in [6, 6.07) is 0. The fourth-order valence-electron chi connectivity index (χ4n) is 6.82. The van der Waals surface area contributed by atoms with Crippen LogP contribution in [0.15, 0.2) is 12.2 Å². The number of carbonyl (C=O) groups is 1. The van der Waals surface area contributed by atoms with Gasteiger partial charge in [-0.3, -0.25) is 13.8 Å². The molecule has 56 heavy (non-hydrogen) atoms. The summed E-state index contributed by atoms with van der Waals surface area (Å²) >= 11 is 0. The maximum atomic E-state index is 12.6. The Labute approximate surface area is 345 Å². The van der Waals surface area contributed by atoms with Crippen molar-refractivity contribution in [3.05, 3.63) is 12.2 Å². The molecule has 10 heteroatoms. The fraction of sp³-hybridized carbons (Fsp3) is 0.935. The second-order valence-corrected chi connectivity index (χ2v) is 17.6. The average molecular weight is 819 g/mol. The quantitative estimate of drug-likeness (QED) is 0.0238. The van der Waals surface area contributed by atoms with E-state index in [4.69, 9.17) is 23.6 Å². The van der Waals surface area contributed by atoms with Crippen molar-refractivity contribution in [1.29, 1.82) is 0 Å². The predicted octanol–water partition coefficient (Wildman–Crippen LogP) is 13.3. The minimum Gasteiger partial charge on any atom is -0.457 e. The normalized spacial score (nSPS) is 14.0. The van der Waals surface area contributed by atoms with Gasteiger partial charge in [-0.2, -0.15) is 0 Å². The van der Waals surface area contributed by atoms with Crippen LogP contribution >= 0.6 is 7.82 Å². The molecule has 0 heterocycles. The third-order valence-corrected chi connectivity index (χ3v) is 11.4. The van der Waals surface area contributed by atoms with E-state index in [2.05, 4.69) is 26.0 Å². The maximum Gasteiger partial charge on any atom is 0.472 e. The van der Waals surface area contributed by atoms with E-state index >= 15 is 0 Å². The molecule has 334 valence electrons. The lowest BCUT2D eigenvalue weighted by Crippen LogP contribution is -2.29. The van der Waals surface area contributed by atoms with Crippen LogP contribution in [-0.4, -0.2) is 66.3 Å². The highest BCUT2D eigenvalue weighted by atomic mass is 31.2. The molecule has 0 aliphatic heterocycles. The van der Waals surface area contributed by atoms with E-state index in [0.29, 0.717) is 6.61 Å². The van der Waals surface area contributed by atoms with Crippen LogP contribution in [-0.2, 0) is 27.9 Å². The van der Waals surface area contributed by atoms with Gasteiger partial charge in [0.1, 0.15) is 12.2 Å². The van der Waals surface area contributed by atoms with Crippen molar-refractivity contribution < 1.29 is 43.0 Å². The summed E-state index contributed by atoms with van der Waals surface area (Å²) in [6.07, 6.45) is 44.7. The smallest absolute Gasteiger partial charge is 0.457 e. The highest BCUT2D eigenvalue weighted by molar-refractivity contribution is 7.47. The van der Waals surface area contributed by atoms with Crippen LogP contribution in [0.25, 0.3) is 0 Å². The van der Waals surface area contributed by atoms with E-state index in [1.807, 2.05) is 0 Å². The van der Waals surface area contributed by atoms with Crippen LogP contribution in [0.1, 0.15) is 232 Å². The molecular formula is C46H91O9P. The number of phosphoric acid groups is 1. The zero-order valence-corrected chi connectivity index (χ0v) is 37.5. The number of esters is 1. The molecule has 0 radical (unpaired) electrons. The largest absolute Gasteiger partial charge is 0.472 e. The Morgan fingerprint density at radius 2 is 0.911 bits per heavy atom. The Morgan fingerprint density at radius 3 is 1.34 bits per heavy atom. The highest BCUT2D eigenvalue weighted by Crippen LogP contribution is 2.43. The summed E-state index contributed by atoms with van der Waals surface area (Å²) < 4.78 is 33.4. The SMILES string of the molecule is CCCCCCCCCC/C=C\CCCCCCCCCCCCCCOCC(COP(=O)(O)OCC(O)CO)OC(=O)CCCCCCCCCCCCC. The Balaban J connectivity index is 3.97. The van der Waals surface area contributed by atoms with Gasteiger partial charge in [-0.05, 0) is 38.5 Å². The lowest BCUT2D eigenvalue weighted by Gasteiger charge is -2.20. The van der Waals surface area contributed by atoms with Gasteiger partial charge in [0, 0.05) is 13.0 Å². The van der Waals surface area contributed by atoms with Crippen LogP contribution in [0.4, 0.5) is 0 Å². The number of phosphoric ester groups is 1. The van der Waals surface area contributed by atoms with Crippen molar-refractivity contribution in [2.75, 3.05) is 33.0 Å². The standard InChI is InChI=1S/C46H91O9P/c1-3-5-7-9-11-13-15-16-17-18-19-20-21-22-23-24-25-26-27-29-31-33-35-37-39-52-42-45(43-54-56(50,51)53-41-44(48)40-47)55-46(49)38-36-34-32-30-28-14-12-10-8-6-4-2/h18-19,44-45,47-48H,3-17,20-43H2,1-2H3,(H,50,51)/b19-18-. The van der Waals surface area contributed by atoms with Crippen LogP contribution in [0.2, 0.25) is 0 Å². The number of hydrogen-bond acceptors (Lipinski definition) is 8. The summed E-state index contributed by atoms with van der Waals surface area (Å²) in [5.41, 5.74) is 0. The van der Waals surface area contributed by atoms with Gasteiger partial charge >= 0.3 is 13.8 Å². The number of allylic oxidation sites excluding steroid dienone is 2. The van der Waals surface area contributed by atoms with Crippen LogP contribution in [0, 0.1) is 0 Å². The number of rotatable bonds is 46. The van der Waals surface area contributed by atoms with Crippen molar-refractivity contribution in [2.24, 2.45) is 0 Å². The first-order valence-corrected chi connectivity index (χ1v) is 25.2. The van der Waals surface area contributed by atoms with Gasteiger partial charge < -0.3 is 24.6 Å². The topological polar surface area (TPSA) is 132 Å².